The molecule has 1 rings (SSSR count). The Hall–Kier alpha value is -3.08. The highest BCUT2D eigenvalue weighted by Gasteiger charge is 2.30. The fraction of sp³-hybridized carbons (Fsp3) is 0.619. The molecule has 0 aliphatic heterocycles. The summed E-state index contributed by atoms with van der Waals surface area (Å²) in [5, 5.41) is 14.1. The Labute approximate surface area is 187 Å². The number of alkyl carbamates (subject to hydrolysis) is 1. The smallest absolute Gasteiger partial charge is 0.418 e. The summed E-state index contributed by atoms with van der Waals surface area (Å²) in [4.78, 5) is 49.4. The van der Waals surface area contributed by atoms with Gasteiger partial charge in [0.1, 0.15) is 17.2 Å². The molecule has 0 radical (unpaired) electrons. The maximum atomic E-state index is 12.8. The molecule has 0 spiro atoms. The van der Waals surface area contributed by atoms with Crippen LogP contribution in [-0.2, 0) is 30.2 Å². The number of aliphatic hydroxyl groups is 1. The number of hydrogen-bond donors (Lipinski definition) is 3. The van der Waals surface area contributed by atoms with Crippen molar-refractivity contribution >= 4 is 24.1 Å². The van der Waals surface area contributed by atoms with Crippen LogP contribution in [0.3, 0.4) is 0 Å². The zero-order valence-electron chi connectivity index (χ0n) is 19.6. The van der Waals surface area contributed by atoms with Crippen LogP contribution in [0.25, 0.3) is 0 Å². The van der Waals surface area contributed by atoms with Crippen LogP contribution >= 0.6 is 0 Å². The zero-order valence-corrected chi connectivity index (χ0v) is 19.6. The van der Waals surface area contributed by atoms with Crippen molar-refractivity contribution in [2.45, 2.75) is 71.2 Å². The molecular formula is C21H33N3O8. The highest BCUT2D eigenvalue weighted by atomic mass is 16.6. The molecule has 2 amide bonds. The van der Waals surface area contributed by atoms with E-state index in [1.807, 2.05) is 0 Å². The third-order valence-corrected chi connectivity index (χ3v) is 3.83. The minimum Gasteiger partial charge on any atom is -0.467 e. The highest BCUT2D eigenvalue weighted by molar-refractivity contribution is 5.90. The molecule has 11 heteroatoms. The van der Waals surface area contributed by atoms with Crippen molar-refractivity contribution in [3.8, 4) is 0 Å². The predicted molar refractivity (Wildman–Crippen MR) is 114 cm³/mol. The first-order valence-corrected chi connectivity index (χ1v) is 10.0. The number of hydrogen-bond acceptors (Lipinski definition) is 8. The minimum atomic E-state index is -1.33. The molecule has 0 aromatic carbocycles. The Morgan fingerprint density at radius 2 is 1.59 bits per heavy atom. The van der Waals surface area contributed by atoms with E-state index < -0.39 is 54.0 Å². The Morgan fingerprint density at radius 3 is 2.09 bits per heavy atom. The van der Waals surface area contributed by atoms with Gasteiger partial charge in [-0.05, 0) is 53.7 Å². The van der Waals surface area contributed by atoms with Crippen molar-refractivity contribution < 1.29 is 38.5 Å². The van der Waals surface area contributed by atoms with Gasteiger partial charge in [0.2, 0.25) is 5.91 Å². The van der Waals surface area contributed by atoms with Gasteiger partial charge in [0.15, 0.2) is 6.04 Å². The number of carbonyl (C=O) groups is 4. The van der Waals surface area contributed by atoms with Crippen molar-refractivity contribution in [1.29, 1.82) is 0 Å². The maximum Gasteiger partial charge on any atom is 0.418 e. The number of aromatic nitrogens is 1. The van der Waals surface area contributed by atoms with E-state index in [4.69, 9.17) is 9.47 Å². The number of aliphatic hydroxyl groups excluding tert-OH is 1. The summed E-state index contributed by atoms with van der Waals surface area (Å²) in [5.41, 5.74) is -1.19. The van der Waals surface area contributed by atoms with Gasteiger partial charge in [-0.1, -0.05) is 0 Å². The van der Waals surface area contributed by atoms with E-state index in [-0.39, 0.29) is 6.42 Å². The molecule has 2 atom stereocenters. The van der Waals surface area contributed by atoms with Gasteiger partial charge in [0.25, 0.3) is 0 Å². The van der Waals surface area contributed by atoms with Gasteiger partial charge in [0, 0.05) is 18.3 Å². The highest BCUT2D eigenvalue weighted by Crippen LogP contribution is 2.14. The van der Waals surface area contributed by atoms with Gasteiger partial charge in [-0.25, -0.2) is 14.4 Å². The molecule has 0 unspecified atom stereocenters. The third kappa shape index (κ3) is 8.96. The van der Waals surface area contributed by atoms with Crippen LogP contribution in [0.4, 0.5) is 9.59 Å². The van der Waals surface area contributed by atoms with Gasteiger partial charge in [0.05, 0.1) is 13.7 Å². The average Bonchev–Trinajstić information content (AvgIpc) is 3.10. The molecule has 32 heavy (non-hydrogen) atoms. The number of carbonyl (C=O) groups excluding carboxylic acids is 4. The SMILES string of the molecule is COC(=O)[C@@H](CO)NC(=O)[C@H](Cc1cccn1C(=O)OC(C)(C)C)NC(=O)OC(C)(C)C. The van der Waals surface area contributed by atoms with E-state index in [0.29, 0.717) is 5.69 Å². The van der Waals surface area contributed by atoms with Gasteiger partial charge in [-0.3, -0.25) is 9.36 Å². The molecule has 1 aromatic rings. The zero-order chi connectivity index (χ0) is 24.7. The molecule has 0 saturated carbocycles. The monoisotopic (exact) mass is 455 g/mol. The number of ether oxygens (including phenoxy) is 3. The van der Waals surface area contributed by atoms with E-state index in [0.717, 1.165) is 7.11 Å². The van der Waals surface area contributed by atoms with Crippen molar-refractivity contribution in [1.82, 2.24) is 15.2 Å². The quantitative estimate of drug-likeness (QED) is 0.413. The molecule has 1 heterocycles. The van der Waals surface area contributed by atoms with Gasteiger partial charge >= 0.3 is 18.2 Å². The van der Waals surface area contributed by atoms with Crippen molar-refractivity contribution in [2.75, 3.05) is 13.7 Å². The van der Waals surface area contributed by atoms with Crippen LogP contribution in [-0.4, -0.2) is 70.7 Å². The molecule has 3 N–H and O–H groups in total. The van der Waals surface area contributed by atoms with Gasteiger partial charge in [-0.2, -0.15) is 0 Å². The molecule has 1 aromatic heterocycles. The Balaban J connectivity index is 3.13. The second-order valence-corrected chi connectivity index (χ2v) is 9.02. The van der Waals surface area contributed by atoms with Crippen LogP contribution in [0.5, 0.6) is 0 Å². The Kier molecular flexibility index (Phi) is 9.25. The Bertz CT molecular complexity index is 820. The second-order valence-electron chi connectivity index (χ2n) is 9.02. The number of methoxy groups -OCH3 is 1. The normalized spacial score (nSPS) is 13.5. The topological polar surface area (TPSA) is 145 Å². The lowest BCUT2D eigenvalue weighted by atomic mass is 10.1. The minimum absolute atomic E-state index is 0.128. The summed E-state index contributed by atoms with van der Waals surface area (Å²) < 4.78 is 16.3. The van der Waals surface area contributed by atoms with E-state index in [1.54, 1.807) is 53.7 Å². The van der Waals surface area contributed by atoms with Crippen molar-refractivity contribution in [3.05, 3.63) is 24.0 Å². The molecule has 0 aliphatic carbocycles. The fourth-order valence-electron chi connectivity index (χ4n) is 2.53. The predicted octanol–water partition coefficient (Wildman–Crippen LogP) is 1.36. The summed E-state index contributed by atoms with van der Waals surface area (Å²) in [5.74, 6) is -1.63. The number of esters is 1. The summed E-state index contributed by atoms with van der Waals surface area (Å²) in [6, 6.07) is 0.616. The van der Waals surface area contributed by atoms with Crippen LogP contribution in [0.1, 0.15) is 47.2 Å². The number of rotatable bonds is 7. The number of nitrogens with one attached hydrogen (secondary N) is 2. The van der Waals surface area contributed by atoms with Crippen molar-refractivity contribution in [2.24, 2.45) is 0 Å². The van der Waals surface area contributed by atoms with Gasteiger partial charge < -0.3 is 30.0 Å². The first kappa shape index (κ1) is 27.0. The largest absolute Gasteiger partial charge is 0.467 e. The molecule has 0 fully saturated rings. The molecule has 0 saturated heterocycles. The summed E-state index contributed by atoms with van der Waals surface area (Å²) >= 11 is 0. The fourth-order valence-corrected chi connectivity index (χ4v) is 2.53. The van der Waals surface area contributed by atoms with Crippen LogP contribution < -0.4 is 10.6 Å². The lowest BCUT2D eigenvalue weighted by Gasteiger charge is -2.25. The molecule has 180 valence electrons. The summed E-state index contributed by atoms with van der Waals surface area (Å²) in [6.45, 7) is 9.44. The number of nitrogens with zero attached hydrogens (tertiary/aromatic N) is 1. The van der Waals surface area contributed by atoms with Crippen LogP contribution in [0, 0.1) is 0 Å². The third-order valence-electron chi connectivity index (χ3n) is 3.83. The van der Waals surface area contributed by atoms with E-state index >= 15 is 0 Å². The van der Waals surface area contributed by atoms with E-state index in [9.17, 15) is 24.3 Å². The summed E-state index contributed by atoms with van der Waals surface area (Å²) in [7, 11) is 1.11. The standard InChI is InChI=1S/C21H33N3O8/c1-20(2,3)31-18(28)23-14(16(26)22-15(12-25)17(27)30-7)11-13-9-8-10-24(13)19(29)32-21(4,5)6/h8-10,14-15,25H,11-12H2,1-7H3,(H,22,26)(H,23,28)/t14-,15+/m0/s1. The number of amides is 2. The van der Waals surface area contributed by atoms with Crippen LogP contribution in [0.2, 0.25) is 0 Å². The molecule has 11 nitrogen and oxygen atoms in total. The molecule has 0 bridgehead atoms. The lowest BCUT2D eigenvalue weighted by molar-refractivity contribution is -0.146. The Morgan fingerprint density at radius 1 is 1.00 bits per heavy atom. The van der Waals surface area contributed by atoms with Crippen molar-refractivity contribution in [3.63, 3.8) is 0 Å². The molecular weight excluding hydrogens is 422 g/mol. The first-order chi connectivity index (χ1) is 14.7. The van der Waals surface area contributed by atoms with E-state index in [1.165, 1.54) is 10.8 Å². The maximum absolute atomic E-state index is 12.8. The van der Waals surface area contributed by atoms with Crippen LogP contribution in [0.15, 0.2) is 18.3 Å². The molecule has 0 aliphatic rings. The second kappa shape index (κ2) is 11.0. The van der Waals surface area contributed by atoms with Gasteiger partial charge in [-0.15, -0.1) is 0 Å². The van der Waals surface area contributed by atoms with E-state index in [2.05, 4.69) is 15.4 Å². The first-order valence-electron chi connectivity index (χ1n) is 10.0. The summed E-state index contributed by atoms with van der Waals surface area (Å²) in [6.07, 6.45) is -0.184. The lowest BCUT2D eigenvalue weighted by Crippen LogP contribution is -2.54. The average molecular weight is 456 g/mol.